The van der Waals surface area contributed by atoms with Gasteiger partial charge < -0.3 is 30.5 Å². The smallest absolute Gasteiger partial charge is 0.408 e. The molecule has 0 saturated carbocycles. The van der Waals surface area contributed by atoms with E-state index < -0.39 is 60.4 Å². The largest absolute Gasteiger partial charge is 0.481 e. The molecule has 204 valence electrons. The summed E-state index contributed by atoms with van der Waals surface area (Å²) in [6.45, 7) is 4.88. The number of hydrogen-bond acceptors (Lipinski definition) is 7. The van der Waals surface area contributed by atoms with Gasteiger partial charge in [0, 0.05) is 12.1 Å². The number of hydrogen-bond donors (Lipinski definition) is 4. The van der Waals surface area contributed by atoms with Crippen LogP contribution < -0.4 is 16.0 Å². The summed E-state index contributed by atoms with van der Waals surface area (Å²) in [7, 11) is 0. The van der Waals surface area contributed by atoms with Crippen molar-refractivity contribution in [1.82, 2.24) is 10.6 Å². The number of rotatable bonds is 12. The summed E-state index contributed by atoms with van der Waals surface area (Å²) in [6, 6.07) is 14.5. The zero-order chi connectivity index (χ0) is 28.1. The molecule has 0 aliphatic carbocycles. The first-order valence-electron chi connectivity index (χ1n) is 12.0. The molecule has 2 aromatic rings. The van der Waals surface area contributed by atoms with E-state index in [0.29, 0.717) is 11.3 Å². The molecule has 0 spiro atoms. The van der Waals surface area contributed by atoms with E-state index in [0.717, 1.165) is 0 Å². The van der Waals surface area contributed by atoms with Gasteiger partial charge in [-0.15, -0.1) is 0 Å². The van der Waals surface area contributed by atoms with E-state index in [4.69, 9.17) is 14.6 Å². The Hall–Kier alpha value is -4.41. The third kappa shape index (κ3) is 11.5. The highest BCUT2D eigenvalue weighted by Gasteiger charge is 2.31. The molecule has 0 bridgehead atoms. The lowest BCUT2D eigenvalue weighted by Gasteiger charge is -2.24. The van der Waals surface area contributed by atoms with Crippen LogP contribution in [0.25, 0.3) is 0 Å². The molecule has 2 atom stereocenters. The Morgan fingerprint density at radius 1 is 0.842 bits per heavy atom. The number of ether oxygens (including phenoxy) is 2. The van der Waals surface area contributed by atoms with Gasteiger partial charge in [-0.2, -0.15) is 0 Å². The molecule has 3 amide bonds. The lowest BCUT2D eigenvalue weighted by atomic mass is 10.1. The van der Waals surface area contributed by atoms with Gasteiger partial charge in [-0.1, -0.05) is 48.5 Å². The summed E-state index contributed by atoms with van der Waals surface area (Å²) in [4.78, 5) is 62.0. The Bertz CT molecular complexity index is 1100. The molecule has 0 aliphatic rings. The van der Waals surface area contributed by atoms with E-state index in [9.17, 15) is 24.0 Å². The number of para-hydroxylation sites is 1. The van der Waals surface area contributed by atoms with Crippen molar-refractivity contribution in [3.05, 3.63) is 66.2 Å². The van der Waals surface area contributed by atoms with E-state index in [-0.39, 0.29) is 13.0 Å². The van der Waals surface area contributed by atoms with Crippen molar-refractivity contribution in [2.75, 3.05) is 5.32 Å². The van der Waals surface area contributed by atoms with Crippen molar-refractivity contribution in [1.29, 1.82) is 0 Å². The van der Waals surface area contributed by atoms with Crippen LogP contribution in [0.15, 0.2) is 60.7 Å². The maximum absolute atomic E-state index is 13.1. The fourth-order valence-electron chi connectivity index (χ4n) is 3.23. The summed E-state index contributed by atoms with van der Waals surface area (Å²) in [5.41, 5.74) is 0.313. The number of anilines is 1. The molecule has 0 radical (unpaired) electrons. The Kier molecular flexibility index (Phi) is 11.3. The third-order valence-electron chi connectivity index (χ3n) is 4.93. The fraction of sp³-hybridized carbons (Fsp3) is 0.370. The molecule has 2 rings (SSSR count). The van der Waals surface area contributed by atoms with Crippen LogP contribution in [0.3, 0.4) is 0 Å². The number of esters is 1. The van der Waals surface area contributed by atoms with E-state index in [1.807, 2.05) is 0 Å². The minimum absolute atomic E-state index is 0.0752. The van der Waals surface area contributed by atoms with Crippen molar-refractivity contribution >= 4 is 35.5 Å². The maximum atomic E-state index is 13.1. The predicted octanol–water partition coefficient (Wildman–Crippen LogP) is 3.00. The average Bonchev–Trinajstić information content (AvgIpc) is 2.84. The van der Waals surface area contributed by atoms with Crippen LogP contribution in [-0.4, -0.2) is 52.6 Å². The minimum atomic E-state index is -1.45. The number of carboxylic acids is 1. The van der Waals surface area contributed by atoms with Gasteiger partial charge in [0.05, 0.1) is 6.42 Å². The maximum Gasteiger partial charge on any atom is 0.408 e. The topological polar surface area (TPSA) is 160 Å². The van der Waals surface area contributed by atoms with Crippen LogP contribution in [0.4, 0.5) is 10.5 Å². The van der Waals surface area contributed by atoms with E-state index in [1.165, 1.54) is 0 Å². The number of carbonyl (C=O) groups is 5. The first kappa shape index (κ1) is 29.8. The second kappa shape index (κ2) is 14.4. The van der Waals surface area contributed by atoms with Crippen LogP contribution in [0.2, 0.25) is 0 Å². The molecular formula is C27H33N3O8. The van der Waals surface area contributed by atoms with Crippen molar-refractivity contribution in [3.63, 3.8) is 0 Å². The van der Waals surface area contributed by atoms with E-state index in [2.05, 4.69) is 16.0 Å². The first-order chi connectivity index (χ1) is 17.9. The lowest BCUT2D eigenvalue weighted by Crippen LogP contribution is -2.53. The van der Waals surface area contributed by atoms with Crippen LogP contribution in [0.5, 0.6) is 0 Å². The van der Waals surface area contributed by atoms with Gasteiger partial charge in [0.1, 0.15) is 24.3 Å². The molecule has 4 N–H and O–H groups in total. The number of nitrogens with one attached hydrogen (secondary N) is 3. The molecule has 38 heavy (non-hydrogen) atoms. The number of amides is 3. The average molecular weight is 528 g/mol. The quantitative estimate of drug-likeness (QED) is 0.307. The van der Waals surface area contributed by atoms with Crippen LogP contribution in [0.1, 0.15) is 45.6 Å². The second-order valence-electron chi connectivity index (χ2n) is 9.40. The zero-order valence-corrected chi connectivity index (χ0v) is 21.6. The van der Waals surface area contributed by atoms with Crippen LogP contribution in [-0.2, 0) is 35.3 Å². The van der Waals surface area contributed by atoms with Crippen molar-refractivity contribution in [2.45, 2.75) is 64.3 Å². The van der Waals surface area contributed by atoms with E-state index >= 15 is 0 Å². The van der Waals surface area contributed by atoms with Crippen molar-refractivity contribution in [3.8, 4) is 0 Å². The highest BCUT2D eigenvalue weighted by atomic mass is 16.6. The van der Waals surface area contributed by atoms with Crippen LogP contribution >= 0.6 is 0 Å². The number of benzene rings is 2. The van der Waals surface area contributed by atoms with Gasteiger partial charge in [0.2, 0.25) is 11.8 Å². The molecule has 2 unspecified atom stereocenters. The Labute approximate surface area is 220 Å². The van der Waals surface area contributed by atoms with Gasteiger partial charge in [-0.3, -0.25) is 19.2 Å². The van der Waals surface area contributed by atoms with Gasteiger partial charge >= 0.3 is 18.0 Å². The van der Waals surface area contributed by atoms with Gasteiger partial charge in [0.25, 0.3) is 0 Å². The molecule has 0 fully saturated rings. The van der Waals surface area contributed by atoms with E-state index in [1.54, 1.807) is 81.4 Å². The minimum Gasteiger partial charge on any atom is -0.481 e. The highest BCUT2D eigenvalue weighted by molar-refractivity contribution is 5.99. The number of carbonyl (C=O) groups excluding carboxylic acids is 4. The molecule has 0 aliphatic heterocycles. The third-order valence-corrected chi connectivity index (χ3v) is 4.93. The summed E-state index contributed by atoms with van der Waals surface area (Å²) < 4.78 is 10.4. The molecule has 11 heteroatoms. The standard InChI is InChI=1S/C27H33N3O8/c1-27(2,3)38-23(33)16-21(30-26(36)37-17-18-10-6-4-7-11-18)25(35)29-20(14-15-22(31)32)24(34)28-19-12-8-5-9-13-19/h4-13,20-21H,14-17H2,1-3H3,(H,28,34)(H,29,35)(H,30,36)(H,31,32). The summed E-state index contributed by atoms with van der Waals surface area (Å²) in [6.07, 6.45) is -2.14. The SMILES string of the molecule is CC(C)(C)OC(=O)CC(NC(=O)OCc1ccccc1)C(=O)NC(CCC(=O)O)C(=O)Nc1ccccc1. The molecule has 2 aromatic carbocycles. The summed E-state index contributed by atoms with van der Waals surface area (Å²) in [5.74, 6) is -3.47. The fourth-order valence-corrected chi connectivity index (χ4v) is 3.23. The Morgan fingerprint density at radius 2 is 1.45 bits per heavy atom. The summed E-state index contributed by atoms with van der Waals surface area (Å²) >= 11 is 0. The highest BCUT2D eigenvalue weighted by Crippen LogP contribution is 2.12. The summed E-state index contributed by atoms with van der Waals surface area (Å²) in [5, 5.41) is 16.5. The molecule has 0 saturated heterocycles. The zero-order valence-electron chi connectivity index (χ0n) is 21.6. The Balaban J connectivity index is 2.15. The first-order valence-corrected chi connectivity index (χ1v) is 12.0. The number of aliphatic carboxylic acids is 1. The van der Waals surface area contributed by atoms with Crippen LogP contribution in [0, 0.1) is 0 Å². The van der Waals surface area contributed by atoms with Gasteiger partial charge in [-0.05, 0) is 44.9 Å². The molecular weight excluding hydrogens is 494 g/mol. The predicted molar refractivity (Wildman–Crippen MR) is 138 cm³/mol. The molecule has 0 aromatic heterocycles. The monoisotopic (exact) mass is 527 g/mol. The van der Waals surface area contributed by atoms with Crippen molar-refractivity contribution < 1.29 is 38.6 Å². The normalized spacial score (nSPS) is 12.4. The van der Waals surface area contributed by atoms with Crippen molar-refractivity contribution in [2.24, 2.45) is 0 Å². The second-order valence-corrected chi connectivity index (χ2v) is 9.40. The molecule has 11 nitrogen and oxygen atoms in total. The number of carboxylic acid groups (broad SMARTS) is 1. The van der Waals surface area contributed by atoms with Gasteiger partial charge in [0.15, 0.2) is 0 Å². The van der Waals surface area contributed by atoms with Gasteiger partial charge in [-0.25, -0.2) is 4.79 Å². The Morgan fingerprint density at radius 3 is 2.03 bits per heavy atom. The molecule has 0 heterocycles. The number of alkyl carbamates (subject to hydrolysis) is 1. The lowest BCUT2D eigenvalue weighted by molar-refractivity contribution is -0.156.